The Labute approximate surface area is 457 Å². The molecule has 4 aliphatic heterocycles. The van der Waals surface area contributed by atoms with Crippen molar-refractivity contribution in [1.82, 2.24) is 25.1 Å². The number of pyridine rings is 1. The molecule has 0 aliphatic carbocycles. The number of thiophene rings is 1. The molecule has 10 nitrogen and oxygen atoms in total. The van der Waals surface area contributed by atoms with Crippen molar-refractivity contribution in [2.45, 2.75) is 199 Å². The van der Waals surface area contributed by atoms with Crippen molar-refractivity contribution in [2.75, 3.05) is 47.4 Å². The van der Waals surface area contributed by atoms with Gasteiger partial charge in [0.2, 0.25) is 5.91 Å². The number of anilines is 3. The quantitative estimate of drug-likeness (QED) is 0.0524. The lowest BCUT2D eigenvalue weighted by Gasteiger charge is -2.41. The Kier molecular flexibility index (Phi) is 20.1. The number of nitrogens with one attached hydrogen (secondary N) is 1. The first-order chi connectivity index (χ1) is 36.7. The number of aliphatic imine (C=N–C) groups is 1. The average molecular weight is 1060 g/mol. The Bertz CT molecular complexity index is 2620. The van der Waals surface area contributed by atoms with E-state index in [1.165, 1.54) is 145 Å². The summed E-state index contributed by atoms with van der Waals surface area (Å²) in [5.41, 5.74) is 6.47. The van der Waals surface area contributed by atoms with E-state index in [-0.39, 0.29) is 18.1 Å². The molecule has 1 N–H and O–H groups in total. The van der Waals surface area contributed by atoms with E-state index in [2.05, 4.69) is 66.8 Å². The van der Waals surface area contributed by atoms with Crippen LogP contribution in [0.2, 0.25) is 5.02 Å². The summed E-state index contributed by atoms with van der Waals surface area (Å²) < 4.78 is 16.2. The molecule has 9 rings (SSSR count). The second-order valence-electron chi connectivity index (χ2n) is 22.3. The molecule has 0 saturated carbocycles. The molecule has 13 heteroatoms. The molecule has 1 amide bonds. The molecule has 0 spiro atoms. The average Bonchev–Trinajstić information content (AvgIpc) is 4.13. The number of carbonyl (C=O) groups is 1. The Morgan fingerprint density at radius 3 is 2.04 bits per heavy atom. The van der Waals surface area contributed by atoms with Crippen LogP contribution in [0.5, 0.6) is 0 Å². The Balaban J connectivity index is 0.551. The van der Waals surface area contributed by atoms with Crippen LogP contribution >= 0.6 is 22.9 Å². The van der Waals surface area contributed by atoms with Gasteiger partial charge in [-0.2, -0.15) is 0 Å². The molecule has 3 saturated heterocycles. The lowest BCUT2D eigenvalue weighted by atomic mass is 9.91. The zero-order valence-electron chi connectivity index (χ0n) is 45.5. The van der Waals surface area contributed by atoms with Gasteiger partial charge in [-0.05, 0) is 107 Å². The number of fused-ring (bicyclic) bond motifs is 4. The molecule has 404 valence electrons. The zero-order valence-corrected chi connectivity index (χ0v) is 47.1. The fourth-order valence-electron chi connectivity index (χ4n) is 12.7. The van der Waals surface area contributed by atoms with E-state index in [1.807, 2.05) is 43.5 Å². The highest BCUT2D eigenvalue weighted by atomic mass is 35.5. The van der Waals surface area contributed by atoms with Gasteiger partial charge in [-0.1, -0.05) is 145 Å². The van der Waals surface area contributed by atoms with Gasteiger partial charge in [-0.15, -0.1) is 21.5 Å². The Morgan fingerprint density at radius 2 is 1.36 bits per heavy atom. The number of carbonyl (C=O) groups excluding carboxylic acids is 1. The number of unbranched alkanes of at least 4 members (excludes halogenated alkanes) is 17. The van der Waals surface area contributed by atoms with Crippen molar-refractivity contribution >= 4 is 51.7 Å². The molecular weight excluding hydrogens is 973 g/mol. The smallest absolute Gasteiger partial charge is 0.222 e. The SMILES string of the molecule is Cc1sc2c(c1C)C(c1ccc(Cl)cc1)=N[C@@H](CC(=O)NCCCCCCCCCCCCCCCCCCCCC1CCN(c3ccnc(N4CC[C@@H]5[C@H]4CCCN5c4cccc(F)c4)c3)CC1)c1nnc(C)n1-2. The third kappa shape index (κ3) is 14.4. The lowest BCUT2D eigenvalue weighted by Crippen LogP contribution is -2.50. The predicted octanol–water partition coefficient (Wildman–Crippen LogP) is 15.4. The van der Waals surface area contributed by atoms with Gasteiger partial charge < -0.3 is 20.0 Å². The summed E-state index contributed by atoms with van der Waals surface area (Å²) in [6.07, 6.45) is 33.7. The normalized spacial score (nSPS) is 18.7. The summed E-state index contributed by atoms with van der Waals surface area (Å²) in [6, 6.07) is 19.9. The number of benzene rings is 2. The maximum Gasteiger partial charge on any atom is 0.222 e. The molecule has 3 atom stereocenters. The van der Waals surface area contributed by atoms with Crippen molar-refractivity contribution in [3.63, 3.8) is 0 Å². The third-order valence-electron chi connectivity index (χ3n) is 17.0. The molecule has 2 aromatic carbocycles. The van der Waals surface area contributed by atoms with Crippen LogP contribution in [0.15, 0.2) is 71.9 Å². The molecule has 0 unspecified atom stereocenters. The van der Waals surface area contributed by atoms with E-state index in [0.717, 1.165) is 96.9 Å². The van der Waals surface area contributed by atoms with Crippen molar-refractivity contribution in [1.29, 1.82) is 0 Å². The van der Waals surface area contributed by atoms with E-state index >= 15 is 0 Å². The Hall–Kier alpha value is -4.81. The topological polar surface area (TPSA) is 94.8 Å². The van der Waals surface area contributed by atoms with E-state index in [9.17, 15) is 9.18 Å². The van der Waals surface area contributed by atoms with Gasteiger partial charge in [0.1, 0.15) is 28.5 Å². The highest BCUT2D eigenvalue weighted by Crippen LogP contribution is 2.41. The lowest BCUT2D eigenvalue weighted by molar-refractivity contribution is -0.121. The van der Waals surface area contributed by atoms with Gasteiger partial charge in [-0.25, -0.2) is 9.37 Å². The molecule has 75 heavy (non-hydrogen) atoms. The number of amides is 1. The van der Waals surface area contributed by atoms with Gasteiger partial charge in [0.05, 0.1) is 24.2 Å². The van der Waals surface area contributed by atoms with Crippen LogP contribution in [0.25, 0.3) is 5.00 Å². The minimum Gasteiger partial charge on any atom is -0.371 e. The molecule has 0 radical (unpaired) electrons. The van der Waals surface area contributed by atoms with Crippen LogP contribution in [0.4, 0.5) is 21.6 Å². The zero-order chi connectivity index (χ0) is 51.9. The van der Waals surface area contributed by atoms with E-state index < -0.39 is 6.04 Å². The standard InChI is InChI=1S/C62H85ClFN9OS/c1-45-46(2)75-62-59(45)60(49-28-30-50(63)31-29-49)67-54(61-69-68-47(3)73(61)62)44-58(74)66-36-21-19-17-15-13-11-9-7-5-4-6-8-10-12-14-16-18-20-24-48-33-39-70(40-34-48)52-32-37-65-57(43-52)72-41-35-56-55(72)27-23-38-71(56)53-26-22-25-51(64)42-53/h22,25-26,28-32,37,42-43,48,54-56H,4-21,23-24,27,33-36,38-41,44H2,1-3H3,(H,66,74)/t54-,55+,56+/m0/s1. The largest absolute Gasteiger partial charge is 0.371 e. The van der Waals surface area contributed by atoms with Gasteiger partial charge in [0.25, 0.3) is 0 Å². The molecule has 3 aromatic heterocycles. The van der Waals surface area contributed by atoms with Gasteiger partial charge in [-0.3, -0.25) is 14.4 Å². The first kappa shape index (κ1) is 55.0. The van der Waals surface area contributed by atoms with Crippen LogP contribution in [-0.4, -0.2) is 76.2 Å². The highest BCUT2D eigenvalue weighted by molar-refractivity contribution is 7.15. The number of halogens is 2. The van der Waals surface area contributed by atoms with Crippen LogP contribution in [0, 0.1) is 32.5 Å². The van der Waals surface area contributed by atoms with Gasteiger partial charge >= 0.3 is 0 Å². The second kappa shape index (κ2) is 27.5. The van der Waals surface area contributed by atoms with Gasteiger partial charge in [0.15, 0.2) is 5.82 Å². The summed E-state index contributed by atoms with van der Waals surface area (Å²) >= 11 is 7.99. The second-order valence-corrected chi connectivity index (χ2v) is 24.0. The predicted molar refractivity (Wildman–Crippen MR) is 310 cm³/mol. The molecule has 0 bridgehead atoms. The first-order valence-electron chi connectivity index (χ1n) is 29.3. The summed E-state index contributed by atoms with van der Waals surface area (Å²) in [5, 5.41) is 13.9. The van der Waals surface area contributed by atoms with Crippen molar-refractivity contribution in [3.05, 3.63) is 111 Å². The minimum absolute atomic E-state index is 0.000730. The maximum absolute atomic E-state index is 14.1. The number of aryl methyl sites for hydroxylation is 2. The minimum atomic E-state index is -0.443. The van der Waals surface area contributed by atoms with Crippen molar-refractivity contribution in [3.8, 4) is 5.00 Å². The van der Waals surface area contributed by atoms with Crippen LogP contribution in [-0.2, 0) is 4.79 Å². The number of hydrogen-bond acceptors (Lipinski definition) is 9. The van der Waals surface area contributed by atoms with E-state index in [0.29, 0.717) is 29.5 Å². The third-order valence-corrected chi connectivity index (χ3v) is 18.5. The summed E-state index contributed by atoms with van der Waals surface area (Å²) in [7, 11) is 0. The van der Waals surface area contributed by atoms with E-state index in [4.69, 9.17) is 21.6 Å². The van der Waals surface area contributed by atoms with Crippen LogP contribution in [0.3, 0.4) is 0 Å². The highest BCUT2D eigenvalue weighted by Gasteiger charge is 2.41. The summed E-state index contributed by atoms with van der Waals surface area (Å²) in [4.78, 5) is 32.3. The van der Waals surface area contributed by atoms with Gasteiger partial charge in [0, 0.05) is 77.4 Å². The number of hydrogen-bond donors (Lipinski definition) is 1. The summed E-state index contributed by atoms with van der Waals surface area (Å²) in [6.45, 7) is 11.3. The Morgan fingerprint density at radius 1 is 0.707 bits per heavy atom. The fraction of sp³-hybridized carbons (Fsp3) is 0.597. The van der Waals surface area contributed by atoms with Crippen molar-refractivity contribution < 1.29 is 9.18 Å². The molecule has 7 heterocycles. The number of nitrogens with zero attached hydrogens (tertiary/aromatic N) is 8. The number of piperidine rings is 2. The molecular formula is C62H85ClFN9OS. The van der Waals surface area contributed by atoms with Crippen molar-refractivity contribution in [2.24, 2.45) is 10.9 Å². The summed E-state index contributed by atoms with van der Waals surface area (Å²) in [5.74, 6) is 3.35. The number of rotatable bonds is 27. The molecule has 4 aliphatic rings. The maximum atomic E-state index is 14.1. The van der Waals surface area contributed by atoms with Crippen LogP contribution < -0.4 is 20.0 Å². The number of aromatic nitrogens is 4. The fourth-order valence-corrected chi connectivity index (χ4v) is 14.0. The monoisotopic (exact) mass is 1060 g/mol. The first-order valence-corrected chi connectivity index (χ1v) is 30.5. The van der Waals surface area contributed by atoms with E-state index in [1.54, 1.807) is 23.5 Å². The molecule has 3 fully saturated rings. The van der Waals surface area contributed by atoms with Crippen LogP contribution in [0.1, 0.15) is 200 Å². The molecule has 5 aromatic rings.